The third-order valence-electron chi connectivity index (χ3n) is 5.56. The SMILES string of the molecule is CN(C)c1ccc(C(=CC=CC(=C2C=CC(=O)C=C2)c2ccccc2)c2ccccc2)cc1. The predicted octanol–water partition coefficient (Wildman–Crippen LogP) is 6.89. The van der Waals surface area contributed by atoms with Gasteiger partial charge in [-0.3, -0.25) is 4.79 Å². The average Bonchev–Trinajstić information content (AvgIpc) is 2.86. The van der Waals surface area contributed by atoms with Gasteiger partial charge in [0.2, 0.25) is 0 Å². The Hall–Kier alpha value is -4.17. The highest BCUT2D eigenvalue weighted by Gasteiger charge is 2.08. The topological polar surface area (TPSA) is 20.3 Å². The van der Waals surface area contributed by atoms with E-state index in [9.17, 15) is 4.79 Å². The van der Waals surface area contributed by atoms with Crippen molar-refractivity contribution in [1.82, 2.24) is 0 Å². The van der Waals surface area contributed by atoms with Crippen molar-refractivity contribution in [3.05, 3.63) is 150 Å². The molecule has 0 fully saturated rings. The van der Waals surface area contributed by atoms with Crippen molar-refractivity contribution >= 4 is 22.6 Å². The lowest BCUT2D eigenvalue weighted by molar-refractivity contribution is -0.110. The van der Waals surface area contributed by atoms with Crippen LogP contribution in [0, 0.1) is 0 Å². The molecule has 0 aromatic heterocycles. The molecule has 0 saturated carbocycles. The molecule has 2 heteroatoms. The van der Waals surface area contributed by atoms with Gasteiger partial charge in [0.05, 0.1) is 0 Å². The third-order valence-corrected chi connectivity index (χ3v) is 5.56. The predicted molar refractivity (Wildman–Crippen MR) is 140 cm³/mol. The molecule has 0 radical (unpaired) electrons. The molecule has 0 spiro atoms. The molecule has 33 heavy (non-hydrogen) atoms. The van der Waals surface area contributed by atoms with Crippen molar-refractivity contribution in [2.45, 2.75) is 0 Å². The second-order valence-electron chi connectivity index (χ2n) is 8.05. The van der Waals surface area contributed by atoms with Gasteiger partial charge in [-0.05, 0) is 57.7 Å². The molecule has 0 aliphatic heterocycles. The molecular formula is C31H27NO. The number of anilines is 1. The monoisotopic (exact) mass is 429 g/mol. The fraction of sp³-hybridized carbons (Fsp3) is 0.0645. The van der Waals surface area contributed by atoms with Crippen LogP contribution < -0.4 is 4.90 Å². The van der Waals surface area contributed by atoms with Crippen LogP contribution in [0.2, 0.25) is 0 Å². The second kappa shape index (κ2) is 10.4. The normalized spacial score (nSPS) is 13.6. The van der Waals surface area contributed by atoms with Crippen molar-refractivity contribution in [1.29, 1.82) is 0 Å². The second-order valence-corrected chi connectivity index (χ2v) is 8.05. The van der Waals surface area contributed by atoms with Crippen molar-refractivity contribution in [3.63, 3.8) is 0 Å². The van der Waals surface area contributed by atoms with Crippen LogP contribution in [0.1, 0.15) is 16.7 Å². The summed E-state index contributed by atoms with van der Waals surface area (Å²) in [5.41, 5.74) is 7.84. The first kappa shape index (κ1) is 22.0. The van der Waals surface area contributed by atoms with Crippen LogP contribution in [0.3, 0.4) is 0 Å². The van der Waals surface area contributed by atoms with E-state index in [4.69, 9.17) is 0 Å². The molecule has 1 aliphatic rings. The van der Waals surface area contributed by atoms with Gasteiger partial charge in [-0.25, -0.2) is 0 Å². The van der Waals surface area contributed by atoms with E-state index in [1.54, 1.807) is 12.2 Å². The Morgan fingerprint density at radius 3 is 1.79 bits per heavy atom. The largest absolute Gasteiger partial charge is 0.378 e. The zero-order chi connectivity index (χ0) is 23.0. The molecule has 0 N–H and O–H groups in total. The first-order valence-corrected chi connectivity index (χ1v) is 11.0. The maximum absolute atomic E-state index is 11.6. The van der Waals surface area contributed by atoms with E-state index in [1.165, 1.54) is 5.69 Å². The van der Waals surface area contributed by atoms with Gasteiger partial charge in [0.25, 0.3) is 0 Å². The summed E-state index contributed by atoms with van der Waals surface area (Å²) in [4.78, 5) is 13.7. The van der Waals surface area contributed by atoms with E-state index in [0.29, 0.717) is 0 Å². The lowest BCUT2D eigenvalue weighted by atomic mass is 9.94. The Morgan fingerprint density at radius 1 is 0.667 bits per heavy atom. The Morgan fingerprint density at radius 2 is 1.21 bits per heavy atom. The maximum Gasteiger partial charge on any atom is 0.178 e. The van der Waals surface area contributed by atoms with E-state index in [1.807, 2.05) is 50.5 Å². The zero-order valence-electron chi connectivity index (χ0n) is 19.0. The number of hydrogen-bond donors (Lipinski definition) is 0. The molecule has 0 bridgehead atoms. The van der Waals surface area contributed by atoms with Crippen molar-refractivity contribution < 1.29 is 4.79 Å². The number of benzene rings is 3. The smallest absolute Gasteiger partial charge is 0.178 e. The van der Waals surface area contributed by atoms with Crippen LogP contribution in [0.4, 0.5) is 5.69 Å². The number of hydrogen-bond acceptors (Lipinski definition) is 2. The zero-order valence-corrected chi connectivity index (χ0v) is 19.0. The first-order chi connectivity index (χ1) is 16.1. The van der Waals surface area contributed by atoms with Crippen LogP contribution in [-0.4, -0.2) is 19.9 Å². The summed E-state index contributed by atoms with van der Waals surface area (Å²) in [5.74, 6) is 0.0163. The highest BCUT2D eigenvalue weighted by atomic mass is 16.1. The summed E-state index contributed by atoms with van der Waals surface area (Å²) < 4.78 is 0. The highest BCUT2D eigenvalue weighted by molar-refractivity contribution is 6.02. The van der Waals surface area contributed by atoms with Gasteiger partial charge in [0, 0.05) is 19.8 Å². The Kier molecular flexibility index (Phi) is 6.96. The van der Waals surface area contributed by atoms with E-state index in [-0.39, 0.29) is 5.78 Å². The lowest BCUT2D eigenvalue weighted by Gasteiger charge is -2.14. The van der Waals surface area contributed by atoms with Gasteiger partial charge >= 0.3 is 0 Å². The summed E-state index contributed by atoms with van der Waals surface area (Å²) in [5, 5.41) is 0. The molecule has 162 valence electrons. The van der Waals surface area contributed by atoms with E-state index < -0.39 is 0 Å². The average molecular weight is 430 g/mol. The summed E-state index contributed by atoms with van der Waals surface area (Å²) in [6.45, 7) is 0. The van der Waals surface area contributed by atoms with Gasteiger partial charge in [0.15, 0.2) is 5.78 Å². The Labute approximate surface area is 196 Å². The fourth-order valence-electron chi connectivity index (χ4n) is 3.77. The maximum atomic E-state index is 11.6. The van der Waals surface area contributed by atoms with E-state index in [2.05, 4.69) is 83.8 Å². The van der Waals surface area contributed by atoms with E-state index >= 15 is 0 Å². The Bertz CT molecular complexity index is 1240. The van der Waals surface area contributed by atoms with Crippen molar-refractivity contribution in [3.8, 4) is 0 Å². The van der Waals surface area contributed by atoms with Crippen LogP contribution in [0.15, 0.2) is 133 Å². The summed E-state index contributed by atoms with van der Waals surface area (Å²) in [6, 6.07) is 29.3. The van der Waals surface area contributed by atoms with Crippen molar-refractivity contribution in [2.75, 3.05) is 19.0 Å². The van der Waals surface area contributed by atoms with Crippen LogP contribution in [0.5, 0.6) is 0 Å². The quantitative estimate of drug-likeness (QED) is 0.398. The van der Waals surface area contributed by atoms with Crippen LogP contribution >= 0.6 is 0 Å². The standard InChI is InChI=1S/C31H27NO/c1-32(2)28-20-16-26(17-21-28)30(24-10-5-3-6-11-24)14-9-15-31(25-12-7-4-8-13-25)27-18-22-29(33)23-19-27/h3-23H,1-2H3. The number of ketones is 1. The molecule has 0 unspecified atom stereocenters. The summed E-state index contributed by atoms with van der Waals surface area (Å²) >= 11 is 0. The number of allylic oxidation sites excluding steroid dienone is 9. The number of nitrogens with zero attached hydrogens (tertiary/aromatic N) is 1. The highest BCUT2D eigenvalue weighted by Crippen LogP contribution is 2.27. The summed E-state index contributed by atoms with van der Waals surface area (Å²) in [6.07, 6.45) is 13.4. The molecule has 2 nitrogen and oxygen atoms in total. The number of carbonyl (C=O) groups excluding carboxylic acids is 1. The van der Waals surface area contributed by atoms with Gasteiger partial charge in [-0.15, -0.1) is 0 Å². The van der Waals surface area contributed by atoms with Crippen LogP contribution in [0.25, 0.3) is 11.1 Å². The fourth-order valence-corrected chi connectivity index (χ4v) is 3.77. The molecule has 0 saturated heterocycles. The number of carbonyl (C=O) groups is 1. The first-order valence-electron chi connectivity index (χ1n) is 11.0. The van der Waals surface area contributed by atoms with E-state index in [0.717, 1.165) is 33.4 Å². The third kappa shape index (κ3) is 5.55. The Balaban J connectivity index is 1.76. The molecule has 1 aliphatic carbocycles. The molecule has 4 rings (SSSR count). The molecule has 0 amide bonds. The summed E-state index contributed by atoms with van der Waals surface area (Å²) in [7, 11) is 4.10. The molecule has 0 heterocycles. The van der Waals surface area contributed by atoms with Crippen molar-refractivity contribution in [2.24, 2.45) is 0 Å². The minimum absolute atomic E-state index is 0.0163. The minimum Gasteiger partial charge on any atom is -0.378 e. The molecule has 3 aromatic carbocycles. The van der Waals surface area contributed by atoms with Gasteiger partial charge in [-0.2, -0.15) is 0 Å². The number of rotatable bonds is 6. The van der Waals surface area contributed by atoms with Gasteiger partial charge in [0.1, 0.15) is 0 Å². The van der Waals surface area contributed by atoms with Crippen LogP contribution in [-0.2, 0) is 4.79 Å². The lowest BCUT2D eigenvalue weighted by Crippen LogP contribution is -2.08. The van der Waals surface area contributed by atoms with Gasteiger partial charge in [-0.1, -0.05) is 103 Å². The molecule has 3 aromatic rings. The molecular weight excluding hydrogens is 402 g/mol. The van der Waals surface area contributed by atoms with Gasteiger partial charge < -0.3 is 4.90 Å². The molecule has 0 atom stereocenters. The minimum atomic E-state index is 0.0163.